The highest BCUT2D eigenvalue weighted by atomic mass is 14.9. The summed E-state index contributed by atoms with van der Waals surface area (Å²) in [4.78, 5) is 33.4. The molecule has 4 aromatic heterocycles. The standard InChI is InChI=1S/C26H20N8/c1(5-23-31-19-9-7-17(15-21(19)33-23)25-27-11-3-12-28-25)2-6-24-32-20-10-8-18(16-22(20)34-24)26-29-13-4-14-30-26/h1-4,7-16H,5-6H2,(H,31,33)(H,32,34)/b2-1+. The van der Waals surface area contributed by atoms with E-state index in [0.29, 0.717) is 24.5 Å². The second-order valence-corrected chi connectivity index (χ2v) is 7.86. The Morgan fingerprint density at radius 3 is 1.47 bits per heavy atom. The fraction of sp³-hybridized carbons (Fsp3) is 0.0769. The Hall–Kier alpha value is -4.72. The van der Waals surface area contributed by atoms with E-state index in [9.17, 15) is 0 Å². The van der Waals surface area contributed by atoms with Gasteiger partial charge >= 0.3 is 0 Å². The van der Waals surface area contributed by atoms with E-state index in [-0.39, 0.29) is 0 Å². The zero-order valence-electron chi connectivity index (χ0n) is 18.2. The van der Waals surface area contributed by atoms with Crippen molar-refractivity contribution in [2.45, 2.75) is 12.8 Å². The van der Waals surface area contributed by atoms with Crippen LogP contribution >= 0.6 is 0 Å². The molecule has 164 valence electrons. The number of nitrogens with zero attached hydrogens (tertiary/aromatic N) is 6. The highest BCUT2D eigenvalue weighted by Crippen LogP contribution is 2.21. The van der Waals surface area contributed by atoms with Gasteiger partial charge in [-0.3, -0.25) is 0 Å². The lowest BCUT2D eigenvalue weighted by atomic mass is 10.2. The van der Waals surface area contributed by atoms with Crippen LogP contribution in [0, 0.1) is 0 Å². The Kier molecular flexibility index (Phi) is 5.08. The van der Waals surface area contributed by atoms with Gasteiger partial charge in [-0.25, -0.2) is 29.9 Å². The van der Waals surface area contributed by atoms with E-state index in [2.05, 4.69) is 52.0 Å². The van der Waals surface area contributed by atoms with Crippen molar-refractivity contribution in [3.05, 3.63) is 97.1 Å². The number of hydrogen-bond donors (Lipinski definition) is 2. The summed E-state index contributed by atoms with van der Waals surface area (Å²) in [5.41, 5.74) is 5.74. The van der Waals surface area contributed by atoms with Gasteiger partial charge in [0.25, 0.3) is 0 Å². The van der Waals surface area contributed by atoms with Crippen LogP contribution in [0.1, 0.15) is 11.6 Å². The summed E-state index contributed by atoms with van der Waals surface area (Å²) in [5, 5.41) is 0. The van der Waals surface area contributed by atoms with Gasteiger partial charge < -0.3 is 9.97 Å². The van der Waals surface area contributed by atoms with Crippen molar-refractivity contribution in [3.8, 4) is 22.8 Å². The van der Waals surface area contributed by atoms with Gasteiger partial charge in [0.05, 0.1) is 22.1 Å². The number of allylic oxidation sites excluding steroid dienone is 2. The van der Waals surface area contributed by atoms with Crippen LogP contribution in [0.3, 0.4) is 0 Å². The smallest absolute Gasteiger partial charge is 0.159 e. The van der Waals surface area contributed by atoms with E-state index in [1.807, 2.05) is 48.5 Å². The lowest BCUT2D eigenvalue weighted by molar-refractivity contribution is 1.04. The van der Waals surface area contributed by atoms with Crippen molar-refractivity contribution in [3.63, 3.8) is 0 Å². The number of H-pyrrole nitrogens is 2. The number of hydrogen-bond acceptors (Lipinski definition) is 6. The zero-order valence-corrected chi connectivity index (χ0v) is 18.2. The first-order valence-corrected chi connectivity index (χ1v) is 11.0. The predicted molar refractivity (Wildman–Crippen MR) is 131 cm³/mol. The van der Waals surface area contributed by atoms with E-state index in [4.69, 9.17) is 0 Å². The van der Waals surface area contributed by atoms with Crippen LogP contribution in [0.25, 0.3) is 44.8 Å². The molecule has 0 amide bonds. The number of aromatic amines is 2. The minimum Gasteiger partial charge on any atom is -0.342 e. The molecule has 0 saturated heterocycles. The van der Waals surface area contributed by atoms with Crippen molar-refractivity contribution >= 4 is 22.1 Å². The van der Waals surface area contributed by atoms with Gasteiger partial charge in [-0.05, 0) is 48.5 Å². The maximum atomic E-state index is 4.68. The second-order valence-electron chi connectivity index (χ2n) is 7.86. The molecule has 6 rings (SSSR count). The van der Waals surface area contributed by atoms with Gasteiger partial charge in [-0.1, -0.05) is 12.2 Å². The van der Waals surface area contributed by atoms with Crippen molar-refractivity contribution in [2.24, 2.45) is 0 Å². The average molecular weight is 445 g/mol. The second kappa shape index (κ2) is 8.67. The van der Waals surface area contributed by atoms with E-state index in [1.165, 1.54) is 0 Å². The first-order valence-electron chi connectivity index (χ1n) is 11.0. The molecule has 0 aliphatic carbocycles. The Bertz CT molecular complexity index is 1480. The molecule has 0 spiro atoms. The molecule has 0 fully saturated rings. The third kappa shape index (κ3) is 4.04. The molecule has 0 saturated carbocycles. The van der Waals surface area contributed by atoms with E-state index in [1.54, 1.807) is 24.8 Å². The fourth-order valence-corrected chi connectivity index (χ4v) is 3.88. The summed E-state index contributed by atoms with van der Waals surface area (Å²) in [7, 11) is 0. The van der Waals surface area contributed by atoms with Gasteiger partial charge in [0.15, 0.2) is 11.6 Å². The molecule has 0 bridgehead atoms. The van der Waals surface area contributed by atoms with Crippen LogP contribution in [0.2, 0.25) is 0 Å². The van der Waals surface area contributed by atoms with E-state index >= 15 is 0 Å². The van der Waals surface area contributed by atoms with Crippen LogP contribution in [-0.4, -0.2) is 39.9 Å². The lowest BCUT2D eigenvalue weighted by Crippen LogP contribution is -1.86. The molecule has 2 aromatic carbocycles. The molecule has 0 aliphatic heterocycles. The molecule has 4 heterocycles. The molecule has 2 N–H and O–H groups in total. The zero-order chi connectivity index (χ0) is 22.7. The highest BCUT2D eigenvalue weighted by molar-refractivity contribution is 5.81. The topological polar surface area (TPSA) is 109 Å². The summed E-state index contributed by atoms with van der Waals surface area (Å²) in [6.07, 6.45) is 12.6. The molecule has 6 aromatic rings. The third-order valence-electron chi connectivity index (χ3n) is 5.50. The minimum absolute atomic E-state index is 0.703. The first-order chi connectivity index (χ1) is 16.8. The van der Waals surface area contributed by atoms with E-state index in [0.717, 1.165) is 44.8 Å². The maximum Gasteiger partial charge on any atom is 0.159 e. The van der Waals surface area contributed by atoms with Crippen molar-refractivity contribution in [1.29, 1.82) is 0 Å². The fourth-order valence-electron chi connectivity index (χ4n) is 3.88. The quantitative estimate of drug-likeness (QED) is 0.361. The van der Waals surface area contributed by atoms with Crippen molar-refractivity contribution in [2.75, 3.05) is 0 Å². The molecule has 0 unspecified atom stereocenters. The molecule has 34 heavy (non-hydrogen) atoms. The number of rotatable bonds is 6. The lowest BCUT2D eigenvalue weighted by Gasteiger charge is -1.98. The van der Waals surface area contributed by atoms with Gasteiger partial charge in [-0.2, -0.15) is 0 Å². The number of aromatic nitrogens is 8. The van der Waals surface area contributed by atoms with Crippen LogP contribution < -0.4 is 0 Å². The van der Waals surface area contributed by atoms with Crippen LogP contribution in [-0.2, 0) is 12.8 Å². The Balaban J connectivity index is 1.14. The average Bonchev–Trinajstić information content (AvgIpc) is 3.50. The molecule has 0 aliphatic rings. The number of nitrogens with one attached hydrogen (secondary N) is 2. The third-order valence-corrected chi connectivity index (χ3v) is 5.50. The predicted octanol–water partition coefficient (Wildman–Crippen LogP) is 4.69. The summed E-state index contributed by atoms with van der Waals surface area (Å²) in [5.74, 6) is 3.23. The maximum absolute atomic E-state index is 4.68. The van der Waals surface area contributed by atoms with Gasteiger partial charge in [0, 0.05) is 48.8 Å². The Labute approximate surface area is 194 Å². The minimum atomic E-state index is 0.703. The molecule has 0 atom stereocenters. The summed E-state index contributed by atoms with van der Waals surface area (Å²) >= 11 is 0. The SMILES string of the molecule is C(=C\Cc1nc2ccc(-c3ncccn3)cc2[nH]1)/Cc1nc2ccc(-c3ncccn3)cc2[nH]1. The summed E-state index contributed by atoms with van der Waals surface area (Å²) in [6.45, 7) is 0. The largest absolute Gasteiger partial charge is 0.342 e. The Morgan fingerprint density at radius 2 is 1.03 bits per heavy atom. The molecular weight excluding hydrogens is 424 g/mol. The molecule has 8 nitrogen and oxygen atoms in total. The first kappa shape index (κ1) is 19.9. The van der Waals surface area contributed by atoms with Crippen LogP contribution in [0.4, 0.5) is 0 Å². The van der Waals surface area contributed by atoms with Crippen molar-refractivity contribution < 1.29 is 0 Å². The summed E-state index contributed by atoms with van der Waals surface area (Å²) in [6, 6.07) is 15.7. The highest BCUT2D eigenvalue weighted by Gasteiger charge is 2.07. The molecule has 8 heteroatoms. The summed E-state index contributed by atoms with van der Waals surface area (Å²) < 4.78 is 0. The normalized spacial score (nSPS) is 11.6. The van der Waals surface area contributed by atoms with Crippen molar-refractivity contribution in [1.82, 2.24) is 39.9 Å². The van der Waals surface area contributed by atoms with Crippen LogP contribution in [0.15, 0.2) is 85.5 Å². The number of fused-ring (bicyclic) bond motifs is 2. The van der Waals surface area contributed by atoms with E-state index < -0.39 is 0 Å². The number of benzene rings is 2. The van der Waals surface area contributed by atoms with Gasteiger partial charge in [0.1, 0.15) is 11.6 Å². The Morgan fingerprint density at radius 1 is 0.588 bits per heavy atom. The molecule has 0 radical (unpaired) electrons. The van der Waals surface area contributed by atoms with Gasteiger partial charge in [-0.15, -0.1) is 0 Å². The number of imidazole rings is 2. The van der Waals surface area contributed by atoms with Crippen LogP contribution in [0.5, 0.6) is 0 Å². The molecular formula is C26H20N8. The monoisotopic (exact) mass is 444 g/mol. The van der Waals surface area contributed by atoms with Gasteiger partial charge in [0.2, 0.25) is 0 Å².